The van der Waals surface area contributed by atoms with Gasteiger partial charge in [0.15, 0.2) is 0 Å². The van der Waals surface area contributed by atoms with Crippen molar-refractivity contribution in [1.29, 1.82) is 0 Å². The zero-order valence-corrected chi connectivity index (χ0v) is 8.70. The number of nitrogens with zero attached hydrogens (tertiary/aromatic N) is 1. The largest absolute Gasteiger partial charge is 0.293 e. The van der Waals surface area contributed by atoms with Gasteiger partial charge in [-0.05, 0) is 19.9 Å². The minimum atomic E-state index is -3.81. The summed E-state index contributed by atoms with van der Waals surface area (Å²) in [7, 11) is -3.81. The Morgan fingerprint density at radius 3 is 2.46 bits per heavy atom. The van der Waals surface area contributed by atoms with Gasteiger partial charge in [0.25, 0.3) is 16.1 Å². The number of rotatable bonds is 2. The number of isocyanates is 1. The number of thiophene rings is 1. The summed E-state index contributed by atoms with van der Waals surface area (Å²) in [6.07, 6.45) is 1.03. The van der Waals surface area contributed by atoms with Crippen LogP contribution in [0, 0.1) is 13.8 Å². The number of carbonyl (C=O) groups excluding carboxylic acids is 1. The molecule has 0 saturated carbocycles. The van der Waals surface area contributed by atoms with Crippen LogP contribution in [0.1, 0.15) is 9.75 Å². The molecular weight excluding hydrogens is 210 g/mol. The van der Waals surface area contributed by atoms with Crippen LogP contribution in [0.25, 0.3) is 0 Å². The van der Waals surface area contributed by atoms with Gasteiger partial charge < -0.3 is 0 Å². The van der Waals surface area contributed by atoms with E-state index in [-0.39, 0.29) is 4.90 Å². The maximum absolute atomic E-state index is 11.2. The molecule has 0 saturated heterocycles. The molecule has 1 aromatic heterocycles. The summed E-state index contributed by atoms with van der Waals surface area (Å²) >= 11 is 1.35. The van der Waals surface area contributed by atoms with E-state index < -0.39 is 10.0 Å². The molecule has 1 heterocycles. The van der Waals surface area contributed by atoms with Crippen molar-refractivity contribution in [2.24, 2.45) is 4.40 Å². The fraction of sp³-hybridized carbons (Fsp3) is 0.286. The van der Waals surface area contributed by atoms with Crippen molar-refractivity contribution in [1.82, 2.24) is 0 Å². The molecule has 0 unspecified atom stereocenters. The molecule has 0 radical (unpaired) electrons. The van der Waals surface area contributed by atoms with Crippen LogP contribution in [0.2, 0.25) is 0 Å². The van der Waals surface area contributed by atoms with E-state index in [1.807, 2.05) is 0 Å². The highest BCUT2D eigenvalue weighted by Crippen LogP contribution is 2.25. The fourth-order valence-electron chi connectivity index (χ4n) is 0.962. The molecule has 0 atom stereocenters. The lowest BCUT2D eigenvalue weighted by Crippen LogP contribution is -1.95. The number of sulfonamides is 1. The van der Waals surface area contributed by atoms with Gasteiger partial charge in [0.1, 0.15) is 4.90 Å². The van der Waals surface area contributed by atoms with Gasteiger partial charge in [-0.25, -0.2) is 4.79 Å². The Hall–Kier alpha value is -0.970. The molecule has 0 fully saturated rings. The predicted molar refractivity (Wildman–Crippen MR) is 49.1 cm³/mol. The molecule has 0 N–H and O–H groups in total. The van der Waals surface area contributed by atoms with Crippen LogP contribution in [0.15, 0.2) is 15.4 Å². The van der Waals surface area contributed by atoms with Gasteiger partial charge in [0.2, 0.25) is 0 Å². The highest BCUT2D eigenvalue weighted by molar-refractivity contribution is 7.90. The summed E-state index contributed by atoms with van der Waals surface area (Å²) in [5.41, 5.74) is 0. The molecule has 0 aliphatic rings. The average molecular weight is 217 g/mol. The lowest BCUT2D eigenvalue weighted by Gasteiger charge is -1.91. The third-order valence-corrected chi connectivity index (χ3v) is 3.82. The number of hydrogen-bond acceptors (Lipinski definition) is 4. The van der Waals surface area contributed by atoms with Crippen molar-refractivity contribution in [3.8, 4) is 0 Å². The minimum absolute atomic E-state index is 0.0957. The third-order valence-electron chi connectivity index (χ3n) is 1.43. The first-order valence-electron chi connectivity index (χ1n) is 3.38. The van der Waals surface area contributed by atoms with Crippen molar-refractivity contribution in [2.45, 2.75) is 18.7 Å². The molecule has 1 aromatic rings. The van der Waals surface area contributed by atoms with Crippen molar-refractivity contribution in [3.63, 3.8) is 0 Å². The molecule has 0 spiro atoms. The molecule has 6 heteroatoms. The highest BCUT2D eigenvalue weighted by atomic mass is 32.2. The summed E-state index contributed by atoms with van der Waals surface area (Å²) in [6.45, 7) is 3.46. The van der Waals surface area contributed by atoms with Gasteiger partial charge >= 0.3 is 0 Å². The van der Waals surface area contributed by atoms with Gasteiger partial charge in [0, 0.05) is 9.75 Å². The van der Waals surface area contributed by atoms with E-state index in [0.717, 1.165) is 11.0 Å². The molecule has 1 rings (SSSR count). The van der Waals surface area contributed by atoms with E-state index in [2.05, 4.69) is 4.40 Å². The Balaban J connectivity index is 3.38. The summed E-state index contributed by atoms with van der Waals surface area (Å²) in [6, 6.07) is 1.50. The molecule has 0 bridgehead atoms. The van der Waals surface area contributed by atoms with Crippen molar-refractivity contribution in [2.75, 3.05) is 0 Å². The lowest BCUT2D eigenvalue weighted by atomic mass is 10.4. The molecule has 0 aromatic carbocycles. The molecule has 0 aliphatic carbocycles. The van der Waals surface area contributed by atoms with E-state index in [4.69, 9.17) is 0 Å². The standard InChI is InChI=1S/C7H7NO3S2/c1-5-3-7(6(2)12-5)13(10,11)8-4-9/h3H,1-2H3. The van der Waals surface area contributed by atoms with Gasteiger partial charge in [0.05, 0.1) is 0 Å². The fourth-order valence-corrected chi connectivity index (χ4v) is 3.18. The quantitative estimate of drug-likeness (QED) is 0.555. The van der Waals surface area contributed by atoms with Gasteiger partial charge in [-0.15, -0.1) is 11.3 Å². The van der Waals surface area contributed by atoms with Gasteiger partial charge in [-0.2, -0.15) is 8.42 Å². The zero-order valence-electron chi connectivity index (χ0n) is 7.07. The molecule has 70 valence electrons. The Kier molecular flexibility index (Phi) is 2.66. The molecule has 0 amide bonds. The monoisotopic (exact) mass is 217 g/mol. The number of hydrogen-bond donors (Lipinski definition) is 0. The first kappa shape index (κ1) is 10.1. The average Bonchev–Trinajstić information content (AvgIpc) is 2.30. The topological polar surface area (TPSA) is 63.6 Å². The summed E-state index contributed by atoms with van der Waals surface area (Å²) < 4.78 is 25.3. The Morgan fingerprint density at radius 1 is 1.46 bits per heavy atom. The van der Waals surface area contributed by atoms with E-state index in [9.17, 15) is 13.2 Å². The zero-order chi connectivity index (χ0) is 10.1. The molecule has 0 aliphatic heterocycles. The van der Waals surface area contributed by atoms with E-state index in [1.54, 1.807) is 13.8 Å². The van der Waals surface area contributed by atoms with E-state index in [0.29, 0.717) is 4.88 Å². The van der Waals surface area contributed by atoms with Crippen molar-refractivity contribution >= 4 is 27.4 Å². The smallest absolute Gasteiger partial charge is 0.210 e. The van der Waals surface area contributed by atoms with Crippen LogP contribution in [-0.4, -0.2) is 14.5 Å². The first-order chi connectivity index (χ1) is 5.97. The maximum Gasteiger partial charge on any atom is 0.293 e. The molecule has 4 nitrogen and oxygen atoms in total. The van der Waals surface area contributed by atoms with Crippen molar-refractivity contribution < 1.29 is 13.2 Å². The Bertz CT molecular complexity index is 466. The summed E-state index contributed by atoms with van der Waals surface area (Å²) in [5.74, 6) is 0. The second-order valence-electron chi connectivity index (χ2n) is 2.44. The van der Waals surface area contributed by atoms with Crippen LogP contribution in [0.5, 0.6) is 0 Å². The molecular formula is C7H7NO3S2. The second kappa shape index (κ2) is 3.41. The van der Waals surface area contributed by atoms with Crippen LogP contribution in [0.3, 0.4) is 0 Å². The predicted octanol–water partition coefficient (Wildman–Crippen LogP) is 1.39. The van der Waals surface area contributed by atoms with Crippen LogP contribution < -0.4 is 0 Å². The summed E-state index contributed by atoms with van der Waals surface area (Å²) in [4.78, 5) is 11.4. The minimum Gasteiger partial charge on any atom is -0.210 e. The van der Waals surface area contributed by atoms with Crippen LogP contribution >= 0.6 is 11.3 Å². The van der Waals surface area contributed by atoms with E-state index in [1.165, 1.54) is 17.4 Å². The number of aryl methyl sites for hydroxylation is 2. The van der Waals surface area contributed by atoms with Gasteiger partial charge in [-0.1, -0.05) is 4.40 Å². The third kappa shape index (κ3) is 2.03. The normalized spacial score (nSPS) is 10.9. The summed E-state index contributed by atoms with van der Waals surface area (Å²) in [5, 5.41) is 0. The maximum atomic E-state index is 11.2. The van der Waals surface area contributed by atoms with E-state index >= 15 is 0 Å². The highest BCUT2D eigenvalue weighted by Gasteiger charge is 2.17. The lowest BCUT2D eigenvalue weighted by molar-refractivity contribution is 0.563. The SMILES string of the molecule is Cc1cc(S(=O)(=O)N=C=O)c(C)s1. The van der Waals surface area contributed by atoms with Crippen LogP contribution in [-0.2, 0) is 14.8 Å². The second-order valence-corrected chi connectivity index (χ2v) is 5.47. The van der Waals surface area contributed by atoms with Crippen LogP contribution in [0.4, 0.5) is 0 Å². The van der Waals surface area contributed by atoms with Gasteiger partial charge in [-0.3, -0.25) is 0 Å². The van der Waals surface area contributed by atoms with Crippen molar-refractivity contribution in [3.05, 3.63) is 15.8 Å². The first-order valence-corrected chi connectivity index (χ1v) is 5.64. The Labute approximate surface area is 80.0 Å². The Morgan fingerprint density at radius 2 is 2.08 bits per heavy atom. The molecule has 13 heavy (non-hydrogen) atoms.